The Morgan fingerprint density at radius 2 is 2.04 bits per heavy atom. The fraction of sp³-hybridized carbons (Fsp3) is 0.385. The first kappa shape index (κ1) is 18.0. The molecule has 1 aromatic heterocycles. The number of hydrogen-bond acceptors (Lipinski definition) is 8. The van der Waals surface area contributed by atoms with Crippen LogP contribution in [0.3, 0.4) is 0 Å². The Kier molecular flexibility index (Phi) is 6.63. The molecular formula is C13H18N4O3S3. The van der Waals surface area contributed by atoms with Gasteiger partial charge in [-0.25, -0.2) is 13.6 Å². The molecule has 0 aliphatic heterocycles. The molecule has 10 heteroatoms. The lowest BCUT2D eigenvalue weighted by Crippen LogP contribution is -2.11. The second kappa shape index (κ2) is 8.48. The van der Waals surface area contributed by atoms with Crippen molar-refractivity contribution in [1.29, 1.82) is 0 Å². The van der Waals surface area contributed by atoms with Crippen molar-refractivity contribution >= 4 is 38.3 Å². The molecule has 7 nitrogen and oxygen atoms in total. The van der Waals surface area contributed by atoms with Crippen molar-refractivity contribution in [2.24, 2.45) is 5.14 Å². The SMILES string of the molecule is CCCNc1nnc(SCCOc2ccc(S(N)(=O)=O)cc2)s1. The average Bonchev–Trinajstić information content (AvgIpc) is 2.97. The number of rotatable bonds is 9. The summed E-state index contributed by atoms with van der Waals surface area (Å²) in [5.41, 5.74) is 0. The smallest absolute Gasteiger partial charge is 0.238 e. The van der Waals surface area contributed by atoms with Crippen LogP contribution in [0.1, 0.15) is 13.3 Å². The molecule has 0 unspecified atom stereocenters. The van der Waals surface area contributed by atoms with Crippen LogP contribution in [0.2, 0.25) is 0 Å². The maximum Gasteiger partial charge on any atom is 0.238 e. The van der Waals surface area contributed by atoms with Crippen LogP contribution in [0.15, 0.2) is 33.5 Å². The molecule has 0 bridgehead atoms. The van der Waals surface area contributed by atoms with E-state index >= 15 is 0 Å². The van der Waals surface area contributed by atoms with Crippen LogP contribution in [0, 0.1) is 0 Å². The molecule has 1 aromatic carbocycles. The highest BCUT2D eigenvalue weighted by molar-refractivity contribution is 8.01. The van der Waals surface area contributed by atoms with Gasteiger partial charge in [-0.15, -0.1) is 10.2 Å². The molecule has 23 heavy (non-hydrogen) atoms. The highest BCUT2D eigenvalue weighted by Crippen LogP contribution is 2.25. The average molecular weight is 375 g/mol. The molecule has 126 valence electrons. The predicted octanol–water partition coefficient (Wildman–Crippen LogP) is 2.18. The zero-order chi connectivity index (χ0) is 16.7. The van der Waals surface area contributed by atoms with E-state index in [9.17, 15) is 8.42 Å². The standard InChI is InChI=1S/C13H18N4O3S3/c1-2-7-15-12-16-17-13(22-12)21-9-8-20-10-3-5-11(6-4-10)23(14,18)19/h3-6H,2,7-9H2,1H3,(H,15,16)(H2,14,18,19). The summed E-state index contributed by atoms with van der Waals surface area (Å²) in [5, 5.41) is 17.2. The number of thioether (sulfide) groups is 1. The van der Waals surface area contributed by atoms with Gasteiger partial charge in [-0.05, 0) is 30.7 Å². The molecule has 0 saturated heterocycles. The van der Waals surface area contributed by atoms with Crippen molar-refractivity contribution in [2.45, 2.75) is 22.6 Å². The number of nitrogens with two attached hydrogens (primary N) is 1. The molecule has 0 amide bonds. The van der Waals surface area contributed by atoms with Gasteiger partial charge in [0.1, 0.15) is 5.75 Å². The Hall–Kier alpha value is -1.36. The molecule has 0 spiro atoms. The van der Waals surface area contributed by atoms with Crippen LogP contribution in [0.4, 0.5) is 5.13 Å². The van der Waals surface area contributed by atoms with Crippen LogP contribution in [-0.2, 0) is 10.0 Å². The van der Waals surface area contributed by atoms with Gasteiger partial charge in [0.15, 0.2) is 4.34 Å². The summed E-state index contributed by atoms with van der Waals surface area (Å²) in [6.07, 6.45) is 1.04. The summed E-state index contributed by atoms with van der Waals surface area (Å²) in [6.45, 7) is 3.46. The van der Waals surface area contributed by atoms with Crippen molar-refractivity contribution in [1.82, 2.24) is 10.2 Å². The van der Waals surface area contributed by atoms with Crippen molar-refractivity contribution < 1.29 is 13.2 Å². The summed E-state index contributed by atoms with van der Waals surface area (Å²) in [5.74, 6) is 1.32. The molecule has 0 radical (unpaired) electrons. The lowest BCUT2D eigenvalue weighted by atomic mass is 10.3. The number of benzene rings is 1. The second-order valence-electron chi connectivity index (χ2n) is 4.51. The molecule has 0 aliphatic carbocycles. The van der Waals surface area contributed by atoms with Crippen molar-refractivity contribution in [3.63, 3.8) is 0 Å². The Balaban J connectivity index is 1.74. The number of ether oxygens (including phenoxy) is 1. The van der Waals surface area contributed by atoms with Gasteiger partial charge in [0.25, 0.3) is 0 Å². The number of anilines is 1. The van der Waals surface area contributed by atoms with E-state index in [1.165, 1.54) is 23.5 Å². The molecule has 1 heterocycles. The van der Waals surface area contributed by atoms with Gasteiger partial charge in [0.2, 0.25) is 15.2 Å². The maximum atomic E-state index is 11.1. The van der Waals surface area contributed by atoms with E-state index in [1.54, 1.807) is 23.9 Å². The monoisotopic (exact) mass is 374 g/mol. The van der Waals surface area contributed by atoms with Crippen LogP contribution in [0.25, 0.3) is 0 Å². The number of nitrogens with one attached hydrogen (secondary N) is 1. The third kappa shape index (κ3) is 5.98. The molecule has 2 aromatic rings. The number of aromatic nitrogens is 2. The quantitative estimate of drug-likeness (QED) is 0.511. The van der Waals surface area contributed by atoms with Gasteiger partial charge >= 0.3 is 0 Å². The number of primary sulfonamides is 1. The van der Waals surface area contributed by atoms with E-state index in [2.05, 4.69) is 22.4 Å². The van der Waals surface area contributed by atoms with Crippen LogP contribution < -0.4 is 15.2 Å². The van der Waals surface area contributed by atoms with Gasteiger partial charge in [-0.2, -0.15) is 0 Å². The molecule has 0 aliphatic rings. The van der Waals surface area contributed by atoms with Crippen molar-refractivity contribution in [2.75, 3.05) is 24.2 Å². The molecule has 0 atom stereocenters. The number of nitrogens with zero attached hydrogens (tertiary/aromatic N) is 2. The fourth-order valence-corrected chi connectivity index (χ4v) is 3.77. The Morgan fingerprint density at radius 3 is 2.70 bits per heavy atom. The normalized spacial score (nSPS) is 11.4. The van der Waals surface area contributed by atoms with E-state index in [0.29, 0.717) is 12.4 Å². The van der Waals surface area contributed by atoms with E-state index < -0.39 is 10.0 Å². The summed E-state index contributed by atoms with van der Waals surface area (Å²) in [4.78, 5) is 0.0696. The number of hydrogen-bond donors (Lipinski definition) is 2. The molecule has 3 N–H and O–H groups in total. The summed E-state index contributed by atoms with van der Waals surface area (Å²) < 4.78 is 28.7. The number of sulfonamides is 1. The molecule has 2 rings (SSSR count). The Morgan fingerprint density at radius 1 is 1.30 bits per heavy atom. The van der Waals surface area contributed by atoms with E-state index in [1.807, 2.05) is 0 Å². The van der Waals surface area contributed by atoms with Gasteiger partial charge in [0.05, 0.1) is 11.5 Å². The lowest BCUT2D eigenvalue weighted by Gasteiger charge is -2.05. The van der Waals surface area contributed by atoms with Gasteiger partial charge in [-0.1, -0.05) is 30.0 Å². The van der Waals surface area contributed by atoms with E-state index in [0.717, 1.165) is 28.2 Å². The summed E-state index contributed by atoms with van der Waals surface area (Å²) in [7, 11) is -3.66. The Bertz CT molecular complexity index is 716. The fourth-order valence-electron chi connectivity index (χ4n) is 1.59. The Labute approximate surface area is 143 Å². The third-order valence-corrected chi connectivity index (χ3v) is 5.57. The van der Waals surface area contributed by atoms with Crippen LogP contribution >= 0.6 is 23.1 Å². The third-order valence-electron chi connectivity index (χ3n) is 2.66. The highest BCUT2D eigenvalue weighted by atomic mass is 32.2. The summed E-state index contributed by atoms with van der Waals surface area (Å²) in [6, 6.07) is 6.02. The minimum absolute atomic E-state index is 0.0696. The first-order valence-corrected chi connectivity index (χ1v) is 10.3. The predicted molar refractivity (Wildman–Crippen MR) is 92.7 cm³/mol. The summed E-state index contributed by atoms with van der Waals surface area (Å²) >= 11 is 3.08. The molecule has 0 saturated carbocycles. The zero-order valence-electron chi connectivity index (χ0n) is 12.6. The highest BCUT2D eigenvalue weighted by Gasteiger charge is 2.07. The van der Waals surface area contributed by atoms with Crippen LogP contribution in [-0.4, -0.2) is 37.5 Å². The van der Waals surface area contributed by atoms with Gasteiger partial charge < -0.3 is 10.1 Å². The lowest BCUT2D eigenvalue weighted by molar-refractivity contribution is 0.343. The minimum Gasteiger partial charge on any atom is -0.493 e. The van der Waals surface area contributed by atoms with Crippen LogP contribution in [0.5, 0.6) is 5.75 Å². The first-order chi connectivity index (χ1) is 11.0. The maximum absolute atomic E-state index is 11.1. The first-order valence-electron chi connectivity index (χ1n) is 6.95. The van der Waals surface area contributed by atoms with Gasteiger partial charge in [0, 0.05) is 12.3 Å². The van der Waals surface area contributed by atoms with E-state index in [-0.39, 0.29) is 4.90 Å². The second-order valence-corrected chi connectivity index (χ2v) is 8.39. The van der Waals surface area contributed by atoms with E-state index in [4.69, 9.17) is 9.88 Å². The largest absolute Gasteiger partial charge is 0.493 e. The van der Waals surface area contributed by atoms with Crippen molar-refractivity contribution in [3.05, 3.63) is 24.3 Å². The zero-order valence-corrected chi connectivity index (χ0v) is 15.0. The van der Waals surface area contributed by atoms with Gasteiger partial charge in [-0.3, -0.25) is 0 Å². The minimum atomic E-state index is -3.66. The van der Waals surface area contributed by atoms with Crippen molar-refractivity contribution in [3.8, 4) is 5.75 Å². The topological polar surface area (TPSA) is 107 Å². The molecular weight excluding hydrogens is 356 g/mol. The molecule has 0 fully saturated rings.